The van der Waals surface area contributed by atoms with Crippen LogP contribution in [0.25, 0.3) is 120 Å². The van der Waals surface area contributed by atoms with Crippen molar-refractivity contribution < 1.29 is 0 Å². The third kappa shape index (κ3) is 8.06. The summed E-state index contributed by atoms with van der Waals surface area (Å²) in [4.78, 5) is 4.99. The Bertz CT molecular complexity index is 5270. The molecular formula is C83H58N4. The second kappa shape index (κ2) is 20.5. The van der Waals surface area contributed by atoms with E-state index in [0.717, 1.165) is 28.4 Å². The second-order valence-corrected chi connectivity index (χ2v) is 23.1. The molecule has 14 aromatic carbocycles. The van der Waals surface area contributed by atoms with Crippen molar-refractivity contribution in [3.63, 3.8) is 0 Å². The van der Waals surface area contributed by atoms with Gasteiger partial charge in [-0.3, -0.25) is 0 Å². The maximum Gasteiger partial charge on any atom is 0.0587 e. The lowest BCUT2D eigenvalue weighted by atomic mass is 9.83. The van der Waals surface area contributed by atoms with Crippen molar-refractivity contribution in [1.82, 2.24) is 9.13 Å². The summed E-state index contributed by atoms with van der Waals surface area (Å²) in [6.07, 6.45) is 7.25. The Morgan fingerprint density at radius 1 is 0.287 bits per heavy atom. The topological polar surface area (TPSA) is 16.3 Å². The molecule has 410 valence electrons. The molecule has 0 N–H and O–H groups in total. The summed E-state index contributed by atoms with van der Waals surface area (Å²) in [6, 6.07) is 112. The lowest BCUT2D eigenvalue weighted by Crippen LogP contribution is -2.36. The first-order chi connectivity index (χ1) is 43.1. The fourth-order valence-corrected chi connectivity index (χ4v) is 14.6. The van der Waals surface area contributed by atoms with Crippen molar-refractivity contribution in [3.8, 4) is 27.9 Å². The zero-order valence-electron chi connectivity index (χ0n) is 48.0. The molecule has 2 heterocycles. The Morgan fingerprint density at radius 2 is 0.655 bits per heavy atom. The Labute approximate surface area is 505 Å². The van der Waals surface area contributed by atoms with Gasteiger partial charge >= 0.3 is 0 Å². The van der Waals surface area contributed by atoms with Crippen LogP contribution in [0.4, 0.5) is 28.4 Å². The van der Waals surface area contributed by atoms with Gasteiger partial charge in [0.1, 0.15) is 0 Å². The van der Waals surface area contributed by atoms with Gasteiger partial charge in [-0.15, -0.1) is 0 Å². The monoisotopic (exact) mass is 1110 g/mol. The van der Waals surface area contributed by atoms with Crippen LogP contribution in [0.1, 0.15) is 6.92 Å². The molecule has 0 bridgehead atoms. The number of fused-ring (bicyclic) bond motifs is 10. The summed E-state index contributed by atoms with van der Waals surface area (Å²) in [5.74, 6) is 0.167. The van der Waals surface area contributed by atoms with Crippen LogP contribution in [-0.2, 0) is 0 Å². The smallest absolute Gasteiger partial charge is 0.0587 e. The largest absolute Gasteiger partial charge is 0.333 e. The van der Waals surface area contributed by atoms with Crippen LogP contribution in [0.2, 0.25) is 0 Å². The van der Waals surface area contributed by atoms with E-state index in [0.29, 0.717) is 0 Å². The van der Waals surface area contributed by atoms with Gasteiger partial charge in [-0.1, -0.05) is 237 Å². The van der Waals surface area contributed by atoms with Crippen molar-refractivity contribution >= 4 is 121 Å². The van der Waals surface area contributed by atoms with Gasteiger partial charge in [0.25, 0.3) is 0 Å². The molecule has 0 saturated carbocycles. The van der Waals surface area contributed by atoms with E-state index < -0.39 is 0 Å². The molecule has 4 nitrogen and oxygen atoms in total. The van der Waals surface area contributed by atoms with Crippen LogP contribution in [0, 0.1) is 5.92 Å². The third-order valence-corrected chi connectivity index (χ3v) is 18.3. The molecule has 0 aliphatic heterocycles. The molecule has 16 aromatic rings. The molecule has 0 fully saturated rings. The van der Waals surface area contributed by atoms with E-state index in [1.165, 1.54) is 120 Å². The standard InChI is InChI=1S/C83H58N4/c1-55-54-60(87-79-44-18-14-30-67(79)68-31-15-19-45-80(68)87)52-53-75(55)85(57-26-6-3-7-27-57)81-47-23-37-62-64(81)39-21-41-70(62)83-73-34-10-8-32-71(73)82(72-33-9-11-35-74(72)83)69-40-20-38-63-61(69)36-22-46-76(63)84(56-24-4-2-5-25-56)58-48-50-59(51-49-58)86-77-42-16-12-28-65(77)66-29-13-17-43-78(66)86/h2-55,75H,1H3. The normalized spacial score (nSPS) is 14.3. The van der Waals surface area contributed by atoms with E-state index in [2.05, 4.69) is 347 Å². The number of rotatable bonds is 10. The van der Waals surface area contributed by atoms with Gasteiger partial charge in [0.05, 0.1) is 33.8 Å². The highest BCUT2D eigenvalue weighted by atomic mass is 15.2. The zero-order valence-corrected chi connectivity index (χ0v) is 48.0. The van der Waals surface area contributed by atoms with Crippen LogP contribution in [0.5, 0.6) is 0 Å². The fourth-order valence-electron chi connectivity index (χ4n) is 14.6. The van der Waals surface area contributed by atoms with Gasteiger partial charge in [-0.25, -0.2) is 0 Å². The van der Waals surface area contributed by atoms with Crippen LogP contribution >= 0.6 is 0 Å². The number of nitrogens with zero attached hydrogens (tertiary/aromatic N) is 4. The van der Waals surface area contributed by atoms with Crippen molar-refractivity contribution in [3.05, 3.63) is 322 Å². The molecule has 0 spiro atoms. The molecule has 0 amide bonds. The first-order valence-corrected chi connectivity index (χ1v) is 30.3. The number of allylic oxidation sites excluding steroid dienone is 2. The molecule has 87 heavy (non-hydrogen) atoms. The number of benzene rings is 14. The van der Waals surface area contributed by atoms with Crippen LogP contribution in [-0.4, -0.2) is 15.2 Å². The Kier molecular flexibility index (Phi) is 11.9. The van der Waals surface area contributed by atoms with Gasteiger partial charge in [-0.2, -0.15) is 0 Å². The summed E-state index contributed by atoms with van der Waals surface area (Å²) >= 11 is 0. The highest BCUT2D eigenvalue weighted by Gasteiger charge is 2.29. The van der Waals surface area contributed by atoms with Crippen LogP contribution in [0.3, 0.4) is 0 Å². The molecule has 0 radical (unpaired) electrons. The van der Waals surface area contributed by atoms with Crippen molar-refractivity contribution in [2.24, 2.45) is 5.92 Å². The predicted octanol–water partition coefficient (Wildman–Crippen LogP) is 22.6. The van der Waals surface area contributed by atoms with Gasteiger partial charge < -0.3 is 18.9 Å². The quantitative estimate of drug-likeness (QED) is 0.127. The summed E-state index contributed by atoms with van der Waals surface area (Å²) in [7, 11) is 0. The first-order valence-electron chi connectivity index (χ1n) is 30.3. The van der Waals surface area contributed by atoms with Gasteiger partial charge in [-0.05, 0) is 146 Å². The molecule has 2 aromatic heterocycles. The predicted molar refractivity (Wildman–Crippen MR) is 371 cm³/mol. The minimum absolute atomic E-state index is 0.0401. The van der Waals surface area contributed by atoms with Crippen LogP contribution < -0.4 is 9.80 Å². The third-order valence-electron chi connectivity index (χ3n) is 18.3. The van der Waals surface area contributed by atoms with Crippen molar-refractivity contribution in [2.75, 3.05) is 9.80 Å². The summed E-state index contributed by atoms with van der Waals surface area (Å²) in [6.45, 7) is 2.37. The highest BCUT2D eigenvalue weighted by Crippen LogP contribution is 2.50. The molecule has 17 rings (SSSR count). The Balaban J connectivity index is 0.796. The minimum atomic E-state index is 0.0401. The van der Waals surface area contributed by atoms with E-state index in [1.54, 1.807) is 0 Å². The van der Waals surface area contributed by atoms with Crippen LogP contribution in [0.15, 0.2) is 322 Å². The van der Waals surface area contributed by atoms with E-state index in [9.17, 15) is 0 Å². The summed E-state index contributed by atoms with van der Waals surface area (Å²) < 4.78 is 4.83. The van der Waals surface area contributed by atoms with Crippen molar-refractivity contribution in [2.45, 2.75) is 13.0 Å². The minimum Gasteiger partial charge on any atom is -0.333 e. The maximum absolute atomic E-state index is 2.57. The molecule has 2 atom stereocenters. The van der Waals surface area contributed by atoms with Crippen molar-refractivity contribution in [1.29, 1.82) is 0 Å². The SMILES string of the molecule is CC1C=C(n2c3ccccc3c3ccccc32)C=CC1N(c1ccccc1)c1cccc2c(-c3c4ccccc4c(-c4cccc5c(N(c6ccccc6)c6ccc(-n7c8ccccc8c8ccccc87)cc6)cccc45)c4ccccc34)cccc12. The number of aromatic nitrogens is 2. The average molecular weight is 1110 g/mol. The number of hydrogen-bond donors (Lipinski definition) is 0. The Morgan fingerprint density at radius 3 is 1.14 bits per heavy atom. The average Bonchev–Trinajstić information content (AvgIpc) is 2.31. The van der Waals surface area contributed by atoms with Gasteiger partial charge in [0.15, 0.2) is 0 Å². The van der Waals surface area contributed by atoms with E-state index >= 15 is 0 Å². The van der Waals surface area contributed by atoms with Gasteiger partial charge in [0, 0.05) is 72.4 Å². The number of para-hydroxylation sites is 6. The maximum atomic E-state index is 2.57. The molecule has 1 aliphatic carbocycles. The molecule has 0 saturated heterocycles. The summed E-state index contributed by atoms with van der Waals surface area (Å²) in [5.41, 5.74) is 17.7. The fraction of sp³-hybridized carbons (Fsp3) is 0.0361. The summed E-state index contributed by atoms with van der Waals surface area (Å²) in [5, 5.41) is 14.7. The van der Waals surface area contributed by atoms with E-state index in [4.69, 9.17) is 0 Å². The number of anilines is 5. The molecule has 4 heteroatoms. The molecule has 1 aliphatic rings. The van der Waals surface area contributed by atoms with E-state index in [1.807, 2.05) is 0 Å². The lowest BCUT2D eigenvalue weighted by molar-refractivity contribution is 0.610. The number of hydrogen-bond acceptors (Lipinski definition) is 2. The molecular weight excluding hydrogens is 1050 g/mol. The van der Waals surface area contributed by atoms with E-state index in [-0.39, 0.29) is 12.0 Å². The Hall–Kier alpha value is -11.2. The first kappa shape index (κ1) is 50.3. The second-order valence-electron chi connectivity index (χ2n) is 23.1. The molecule has 2 unspecified atom stereocenters. The van der Waals surface area contributed by atoms with Gasteiger partial charge in [0.2, 0.25) is 0 Å². The zero-order chi connectivity index (χ0) is 57.5. The lowest BCUT2D eigenvalue weighted by Gasteiger charge is -2.37. The highest BCUT2D eigenvalue weighted by molar-refractivity contribution is 6.26.